The van der Waals surface area contributed by atoms with E-state index in [-0.39, 0.29) is 11.6 Å². The molecule has 6 rings (SSSR count). The summed E-state index contributed by atoms with van der Waals surface area (Å²) in [4.78, 5) is 22.0. The van der Waals surface area contributed by atoms with Gasteiger partial charge in [0.1, 0.15) is 5.82 Å². The highest BCUT2D eigenvalue weighted by Gasteiger charge is 2.21. The molecule has 4 aromatic heterocycles. The first-order valence-electron chi connectivity index (χ1n) is 10.2. The van der Waals surface area contributed by atoms with E-state index in [1.54, 1.807) is 24.5 Å². The summed E-state index contributed by atoms with van der Waals surface area (Å²) in [5, 5.41) is 8.95. The Morgan fingerprint density at radius 1 is 1.00 bits per heavy atom. The highest BCUT2D eigenvalue weighted by Crippen LogP contribution is 2.36. The first-order valence-corrected chi connectivity index (χ1v) is 10.2. The van der Waals surface area contributed by atoms with Crippen molar-refractivity contribution in [3.8, 4) is 11.3 Å². The van der Waals surface area contributed by atoms with E-state index in [2.05, 4.69) is 19.9 Å². The second-order valence-corrected chi connectivity index (χ2v) is 7.52. The van der Waals surface area contributed by atoms with Crippen LogP contribution in [0, 0.1) is 6.92 Å². The molecule has 0 bridgehead atoms. The standard InChI is InChI=1S/C25H17N5O2/c1-15-27-19-10-4-2-8-17(19)24-23(18-9-3-5-11-21(18)30(15)24)28-25(31)20-13-22(32-29-20)16-7-6-12-26-14-16/h2-14H,1H3,(H,28,31). The predicted octanol–water partition coefficient (Wildman–Crippen LogP) is 5.25. The molecule has 0 saturated heterocycles. The molecular formula is C25H17N5O2. The number of anilines is 1. The zero-order chi connectivity index (χ0) is 21.7. The van der Waals surface area contributed by atoms with Gasteiger partial charge in [0.2, 0.25) is 0 Å². The number of carbonyl (C=O) groups is 1. The number of aromatic nitrogens is 4. The van der Waals surface area contributed by atoms with Crippen LogP contribution in [-0.4, -0.2) is 25.4 Å². The zero-order valence-electron chi connectivity index (χ0n) is 17.1. The van der Waals surface area contributed by atoms with Crippen molar-refractivity contribution in [1.82, 2.24) is 19.5 Å². The van der Waals surface area contributed by atoms with Crippen molar-refractivity contribution in [3.63, 3.8) is 0 Å². The molecule has 2 aromatic carbocycles. The second-order valence-electron chi connectivity index (χ2n) is 7.52. The number of carbonyl (C=O) groups excluding carboxylic acids is 1. The average molecular weight is 419 g/mol. The van der Waals surface area contributed by atoms with Gasteiger partial charge in [-0.1, -0.05) is 41.6 Å². The van der Waals surface area contributed by atoms with Crippen LogP contribution in [0.25, 0.3) is 38.6 Å². The Bertz CT molecular complexity index is 1630. The van der Waals surface area contributed by atoms with E-state index in [4.69, 9.17) is 9.51 Å². The first-order chi connectivity index (χ1) is 15.7. The van der Waals surface area contributed by atoms with Crippen LogP contribution in [0.3, 0.4) is 0 Å². The lowest BCUT2D eigenvalue weighted by Crippen LogP contribution is -2.12. The molecule has 6 aromatic rings. The number of rotatable bonds is 3. The summed E-state index contributed by atoms with van der Waals surface area (Å²) in [5.74, 6) is 0.983. The molecule has 0 aliphatic heterocycles. The van der Waals surface area contributed by atoms with Crippen molar-refractivity contribution < 1.29 is 9.32 Å². The number of benzene rings is 2. The molecule has 0 aliphatic rings. The van der Waals surface area contributed by atoms with Crippen LogP contribution in [0.1, 0.15) is 16.3 Å². The first kappa shape index (κ1) is 18.3. The number of nitrogens with zero attached hydrogens (tertiary/aromatic N) is 4. The summed E-state index contributed by atoms with van der Waals surface area (Å²) in [6.07, 6.45) is 3.34. The maximum atomic E-state index is 13.2. The van der Waals surface area contributed by atoms with Crippen molar-refractivity contribution in [1.29, 1.82) is 0 Å². The molecular weight excluding hydrogens is 402 g/mol. The van der Waals surface area contributed by atoms with Crippen LogP contribution in [-0.2, 0) is 0 Å². The van der Waals surface area contributed by atoms with Gasteiger partial charge in [-0.25, -0.2) is 4.98 Å². The Kier molecular flexibility index (Phi) is 4.01. The third-order valence-electron chi connectivity index (χ3n) is 5.57. The fourth-order valence-corrected chi connectivity index (χ4v) is 4.16. The van der Waals surface area contributed by atoms with Crippen LogP contribution in [0.2, 0.25) is 0 Å². The van der Waals surface area contributed by atoms with Gasteiger partial charge in [0.25, 0.3) is 5.91 Å². The van der Waals surface area contributed by atoms with Crippen molar-refractivity contribution in [3.05, 3.63) is 90.6 Å². The van der Waals surface area contributed by atoms with Gasteiger partial charge in [-0.2, -0.15) is 0 Å². The molecule has 0 unspecified atom stereocenters. The molecule has 0 fully saturated rings. The Morgan fingerprint density at radius 2 is 1.81 bits per heavy atom. The lowest BCUT2D eigenvalue weighted by Gasteiger charge is -2.08. The number of hydrogen-bond donors (Lipinski definition) is 1. The molecule has 0 spiro atoms. The van der Waals surface area contributed by atoms with Gasteiger partial charge in [-0.3, -0.25) is 14.2 Å². The number of nitrogens with one attached hydrogen (secondary N) is 1. The van der Waals surface area contributed by atoms with Gasteiger partial charge in [0, 0.05) is 34.8 Å². The Morgan fingerprint density at radius 3 is 2.66 bits per heavy atom. The average Bonchev–Trinajstić information content (AvgIpc) is 3.44. The Labute approximate surface area is 182 Å². The van der Waals surface area contributed by atoms with Crippen molar-refractivity contribution >= 4 is 38.9 Å². The SMILES string of the molecule is Cc1nc2ccccc2c2c(NC(=O)c3cc(-c4cccnc4)on3)c3ccccc3n12. The van der Waals surface area contributed by atoms with E-state index in [0.29, 0.717) is 5.76 Å². The number of amides is 1. The number of fused-ring (bicyclic) bond motifs is 5. The van der Waals surface area contributed by atoms with Crippen LogP contribution >= 0.6 is 0 Å². The Hall–Kier alpha value is -4.52. The monoisotopic (exact) mass is 419 g/mol. The minimum Gasteiger partial charge on any atom is -0.355 e. The number of aryl methyl sites for hydroxylation is 1. The summed E-state index contributed by atoms with van der Waals surface area (Å²) in [7, 11) is 0. The van der Waals surface area contributed by atoms with Crippen molar-refractivity contribution in [2.75, 3.05) is 5.32 Å². The van der Waals surface area contributed by atoms with E-state index in [1.165, 1.54) is 0 Å². The molecule has 0 atom stereocenters. The molecule has 154 valence electrons. The minimum atomic E-state index is -0.347. The van der Waals surface area contributed by atoms with E-state index < -0.39 is 0 Å². The number of pyridine rings is 1. The summed E-state index contributed by atoms with van der Waals surface area (Å²) < 4.78 is 7.47. The number of para-hydroxylation sites is 2. The second kappa shape index (κ2) is 7.02. The number of hydrogen-bond acceptors (Lipinski definition) is 5. The van der Waals surface area contributed by atoms with Crippen LogP contribution < -0.4 is 5.32 Å². The minimum absolute atomic E-state index is 0.197. The molecule has 4 heterocycles. The van der Waals surface area contributed by atoms with Gasteiger partial charge in [-0.05, 0) is 31.2 Å². The van der Waals surface area contributed by atoms with E-state index in [9.17, 15) is 4.79 Å². The van der Waals surface area contributed by atoms with E-state index in [1.807, 2.05) is 61.5 Å². The Balaban J connectivity index is 1.52. The largest absolute Gasteiger partial charge is 0.355 e. The van der Waals surface area contributed by atoms with Crippen LogP contribution in [0.15, 0.2) is 83.6 Å². The highest BCUT2D eigenvalue weighted by atomic mass is 16.5. The molecule has 0 aliphatic carbocycles. The maximum absolute atomic E-state index is 13.2. The van der Waals surface area contributed by atoms with Crippen LogP contribution in [0.5, 0.6) is 0 Å². The van der Waals surface area contributed by atoms with Gasteiger partial charge in [0.05, 0.1) is 22.2 Å². The topological polar surface area (TPSA) is 85.3 Å². The fourth-order valence-electron chi connectivity index (χ4n) is 4.16. The predicted molar refractivity (Wildman–Crippen MR) is 123 cm³/mol. The summed E-state index contributed by atoms with van der Waals surface area (Å²) in [6.45, 7) is 1.97. The lowest BCUT2D eigenvalue weighted by molar-refractivity contribution is 0.101. The van der Waals surface area contributed by atoms with Gasteiger partial charge < -0.3 is 9.84 Å². The zero-order valence-corrected chi connectivity index (χ0v) is 17.1. The third kappa shape index (κ3) is 2.75. The van der Waals surface area contributed by atoms with E-state index in [0.717, 1.165) is 44.4 Å². The third-order valence-corrected chi connectivity index (χ3v) is 5.57. The summed E-state index contributed by atoms with van der Waals surface area (Å²) in [5.41, 5.74) is 4.42. The van der Waals surface area contributed by atoms with Crippen molar-refractivity contribution in [2.24, 2.45) is 0 Å². The van der Waals surface area contributed by atoms with Crippen molar-refractivity contribution in [2.45, 2.75) is 6.92 Å². The molecule has 0 radical (unpaired) electrons. The maximum Gasteiger partial charge on any atom is 0.277 e. The highest BCUT2D eigenvalue weighted by molar-refractivity contribution is 6.18. The molecule has 7 nitrogen and oxygen atoms in total. The molecule has 32 heavy (non-hydrogen) atoms. The smallest absolute Gasteiger partial charge is 0.277 e. The van der Waals surface area contributed by atoms with Gasteiger partial charge in [0.15, 0.2) is 11.5 Å². The molecule has 0 saturated carbocycles. The molecule has 7 heteroatoms. The van der Waals surface area contributed by atoms with Crippen LogP contribution in [0.4, 0.5) is 5.69 Å². The quantitative estimate of drug-likeness (QED) is 0.423. The lowest BCUT2D eigenvalue weighted by atomic mass is 10.1. The van der Waals surface area contributed by atoms with Gasteiger partial charge >= 0.3 is 0 Å². The molecule has 1 amide bonds. The summed E-state index contributed by atoms with van der Waals surface area (Å²) >= 11 is 0. The van der Waals surface area contributed by atoms with Gasteiger partial charge in [-0.15, -0.1) is 0 Å². The molecule has 1 N–H and O–H groups in total. The summed E-state index contributed by atoms with van der Waals surface area (Å²) in [6, 6.07) is 21.2. The normalized spacial score (nSPS) is 11.4. The van der Waals surface area contributed by atoms with E-state index >= 15 is 0 Å². The fraction of sp³-hybridized carbons (Fsp3) is 0.0400.